The molecule has 2 atom stereocenters. The van der Waals surface area contributed by atoms with Crippen molar-refractivity contribution < 1.29 is 9.53 Å². The number of carbonyl (C=O) groups is 1. The van der Waals surface area contributed by atoms with Gasteiger partial charge in [-0.25, -0.2) is 4.68 Å². The van der Waals surface area contributed by atoms with Crippen LogP contribution in [0.3, 0.4) is 0 Å². The summed E-state index contributed by atoms with van der Waals surface area (Å²) < 4.78 is 7.17. The van der Waals surface area contributed by atoms with Crippen molar-refractivity contribution >= 4 is 11.9 Å². The van der Waals surface area contributed by atoms with Crippen LogP contribution in [0.1, 0.15) is 43.5 Å². The molecule has 4 rings (SSSR count). The molecule has 1 amide bonds. The molecule has 28 heavy (non-hydrogen) atoms. The van der Waals surface area contributed by atoms with Crippen LogP contribution in [-0.4, -0.2) is 27.8 Å². The largest absolute Gasteiger partial charge is 0.497 e. The van der Waals surface area contributed by atoms with Crippen molar-refractivity contribution in [1.29, 1.82) is 0 Å². The van der Waals surface area contributed by atoms with Crippen molar-refractivity contribution in [3.8, 4) is 5.75 Å². The highest BCUT2D eigenvalue weighted by atomic mass is 16.5. The fourth-order valence-electron chi connectivity index (χ4n) is 3.79. The van der Waals surface area contributed by atoms with Crippen LogP contribution >= 0.6 is 0 Å². The van der Waals surface area contributed by atoms with Crippen LogP contribution in [0.5, 0.6) is 5.75 Å². The lowest BCUT2D eigenvalue weighted by Gasteiger charge is -2.39. The lowest BCUT2D eigenvalue weighted by Crippen LogP contribution is -2.44. The van der Waals surface area contributed by atoms with E-state index in [1.54, 1.807) is 12.0 Å². The van der Waals surface area contributed by atoms with E-state index in [1.807, 2.05) is 61.0 Å². The van der Waals surface area contributed by atoms with Crippen molar-refractivity contribution in [2.45, 2.75) is 32.4 Å². The van der Waals surface area contributed by atoms with E-state index in [4.69, 9.17) is 4.74 Å². The van der Waals surface area contributed by atoms with Crippen LogP contribution in [-0.2, 0) is 4.79 Å². The Hall–Kier alpha value is -3.15. The van der Waals surface area contributed by atoms with Crippen molar-refractivity contribution in [2.75, 3.05) is 12.0 Å². The molecule has 2 aromatic carbocycles. The number of methoxy groups -OCH3 is 1. The lowest BCUT2D eigenvalue weighted by molar-refractivity contribution is -0.122. The molecule has 0 spiro atoms. The second-order valence-corrected chi connectivity index (χ2v) is 7.32. The molecule has 2 unspecified atom stereocenters. The average Bonchev–Trinajstić information content (AvgIpc) is 3.22. The maximum Gasteiger partial charge on any atom is 0.232 e. The number of fused-ring (bicyclic) bond motifs is 1. The van der Waals surface area contributed by atoms with Gasteiger partial charge in [0.2, 0.25) is 11.9 Å². The molecule has 0 saturated heterocycles. The minimum atomic E-state index is -0.140. The summed E-state index contributed by atoms with van der Waals surface area (Å²) in [5.74, 6) is 1.30. The Morgan fingerprint density at radius 2 is 1.71 bits per heavy atom. The first-order chi connectivity index (χ1) is 13.6. The van der Waals surface area contributed by atoms with Gasteiger partial charge >= 0.3 is 0 Å². The first-order valence-corrected chi connectivity index (χ1v) is 9.51. The second kappa shape index (κ2) is 7.46. The normalized spacial score (nSPS) is 18.8. The van der Waals surface area contributed by atoms with Gasteiger partial charge in [-0.15, -0.1) is 0 Å². The van der Waals surface area contributed by atoms with E-state index >= 15 is 0 Å². The van der Waals surface area contributed by atoms with Gasteiger partial charge in [-0.1, -0.05) is 56.3 Å². The van der Waals surface area contributed by atoms with E-state index in [2.05, 4.69) is 22.2 Å². The summed E-state index contributed by atoms with van der Waals surface area (Å²) in [6, 6.07) is 18.1. The molecule has 0 aliphatic carbocycles. The number of ether oxygens (including phenoxy) is 1. The minimum absolute atomic E-state index is 0.0158. The van der Waals surface area contributed by atoms with Crippen molar-refractivity contribution in [1.82, 2.24) is 14.8 Å². The molecule has 0 fully saturated rings. The number of nitrogens with zero attached hydrogens (tertiary/aromatic N) is 4. The van der Waals surface area contributed by atoms with Crippen LogP contribution in [0.2, 0.25) is 0 Å². The summed E-state index contributed by atoms with van der Waals surface area (Å²) in [5, 5.41) is 4.45. The highest BCUT2D eigenvalue weighted by molar-refractivity contribution is 5.94. The molecule has 1 aromatic heterocycles. The fraction of sp³-hybridized carbons (Fsp3) is 0.318. The molecule has 1 aliphatic heterocycles. The highest BCUT2D eigenvalue weighted by Gasteiger charge is 2.39. The van der Waals surface area contributed by atoms with Crippen molar-refractivity contribution in [2.24, 2.45) is 5.92 Å². The average molecular weight is 376 g/mol. The maximum atomic E-state index is 13.1. The number of anilines is 1. The fourth-order valence-corrected chi connectivity index (χ4v) is 3.79. The summed E-state index contributed by atoms with van der Waals surface area (Å²) in [6.45, 7) is 3.83. The van der Waals surface area contributed by atoms with E-state index in [1.165, 1.54) is 6.33 Å². The number of aromatic nitrogens is 3. The SMILES string of the molecule is COc1ccc(C2CC(c3ccccc3)n3ncnc3N2C(=O)C(C)C)cc1. The first-order valence-electron chi connectivity index (χ1n) is 9.51. The lowest BCUT2D eigenvalue weighted by atomic mass is 9.91. The van der Waals surface area contributed by atoms with Crippen molar-refractivity contribution in [3.63, 3.8) is 0 Å². The van der Waals surface area contributed by atoms with Crippen LogP contribution < -0.4 is 9.64 Å². The van der Waals surface area contributed by atoms with Gasteiger partial charge in [0.05, 0.1) is 19.2 Å². The van der Waals surface area contributed by atoms with Crippen LogP contribution in [0.15, 0.2) is 60.9 Å². The Labute approximate surface area is 164 Å². The smallest absolute Gasteiger partial charge is 0.232 e. The molecule has 0 bridgehead atoms. The minimum Gasteiger partial charge on any atom is -0.497 e. The van der Waals surface area contributed by atoms with Gasteiger partial charge in [-0.05, 0) is 29.7 Å². The topological polar surface area (TPSA) is 60.2 Å². The summed E-state index contributed by atoms with van der Waals surface area (Å²) >= 11 is 0. The van der Waals surface area contributed by atoms with Gasteiger partial charge in [-0.3, -0.25) is 9.69 Å². The standard InChI is InChI=1S/C22H24N4O2/c1-15(2)21(27)25-19(17-9-11-18(28-3)12-10-17)13-20(16-7-5-4-6-8-16)26-22(25)23-14-24-26/h4-12,14-15,19-20H,13H2,1-3H3. The highest BCUT2D eigenvalue weighted by Crippen LogP contribution is 2.42. The van der Waals surface area contributed by atoms with Gasteiger partial charge in [0.25, 0.3) is 0 Å². The molecule has 0 saturated carbocycles. The number of rotatable bonds is 4. The molecule has 6 heteroatoms. The molecular weight excluding hydrogens is 352 g/mol. The first kappa shape index (κ1) is 18.2. The third-order valence-corrected chi connectivity index (χ3v) is 5.24. The number of benzene rings is 2. The van der Waals surface area contributed by atoms with Gasteiger partial charge in [0.1, 0.15) is 12.1 Å². The zero-order valence-corrected chi connectivity index (χ0v) is 16.3. The van der Waals surface area contributed by atoms with E-state index in [9.17, 15) is 4.79 Å². The summed E-state index contributed by atoms with van der Waals surface area (Å²) in [4.78, 5) is 19.4. The monoisotopic (exact) mass is 376 g/mol. The summed E-state index contributed by atoms with van der Waals surface area (Å²) in [6.07, 6.45) is 2.26. The Morgan fingerprint density at radius 3 is 2.36 bits per heavy atom. The zero-order valence-electron chi connectivity index (χ0n) is 16.3. The van der Waals surface area contributed by atoms with Crippen LogP contribution in [0, 0.1) is 5.92 Å². The quantitative estimate of drug-likeness (QED) is 0.690. The van der Waals surface area contributed by atoms with Gasteiger partial charge < -0.3 is 4.74 Å². The Bertz CT molecular complexity index is 950. The van der Waals surface area contributed by atoms with E-state index < -0.39 is 0 Å². The van der Waals surface area contributed by atoms with Gasteiger partial charge in [0, 0.05) is 5.92 Å². The summed E-state index contributed by atoms with van der Waals surface area (Å²) in [5.41, 5.74) is 2.22. The molecule has 0 radical (unpaired) electrons. The van der Waals surface area contributed by atoms with E-state index in [-0.39, 0.29) is 23.9 Å². The zero-order chi connectivity index (χ0) is 19.7. The maximum absolute atomic E-state index is 13.1. The number of amides is 1. The number of hydrogen-bond acceptors (Lipinski definition) is 4. The second-order valence-electron chi connectivity index (χ2n) is 7.32. The molecule has 144 valence electrons. The third kappa shape index (κ3) is 3.15. The molecule has 0 N–H and O–H groups in total. The molecule has 2 heterocycles. The molecule has 1 aliphatic rings. The predicted octanol–water partition coefficient (Wildman–Crippen LogP) is 4.01. The Kier molecular flexibility index (Phi) is 4.86. The predicted molar refractivity (Wildman–Crippen MR) is 107 cm³/mol. The molecule has 3 aromatic rings. The Morgan fingerprint density at radius 1 is 1.04 bits per heavy atom. The van der Waals surface area contributed by atoms with E-state index in [0.717, 1.165) is 23.3 Å². The van der Waals surface area contributed by atoms with Crippen molar-refractivity contribution in [3.05, 3.63) is 72.1 Å². The number of carbonyl (C=O) groups excluding carboxylic acids is 1. The van der Waals surface area contributed by atoms with E-state index in [0.29, 0.717) is 5.95 Å². The molecular formula is C22H24N4O2. The Balaban J connectivity index is 1.83. The van der Waals surface area contributed by atoms with Gasteiger partial charge in [0.15, 0.2) is 0 Å². The van der Waals surface area contributed by atoms with Gasteiger partial charge in [-0.2, -0.15) is 10.1 Å². The third-order valence-electron chi connectivity index (χ3n) is 5.24. The molecule has 6 nitrogen and oxygen atoms in total. The van der Waals surface area contributed by atoms with Crippen LogP contribution in [0.4, 0.5) is 5.95 Å². The number of hydrogen-bond donors (Lipinski definition) is 0. The van der Waals surface area contributed by atoms with Crippen LogP contribution in [0.25, 0.3) is 0 Å². The summed E-state index contributed by atoms with van der Waals surface area (Å²) in [7, 11) is 1.65.